The first-order chi connectivity index (χ1) is 18.3. The van der Waals surface area contributed by atoms with Gasteiger partial charge in [-0.1, -0.05) is 58.6 Å². The van der Waals surface area contributed by atoms with Gasteiger partial charge in [0.2, 0.25) is 18.2 Å². The van der Waals surface area contributed by atoms with Crippen molar-refractivity contribution in [3.63, 3.8) is 0 Å². The molecule has 1 saturated carbocycles. The normalized spacial score (nSPS) is 20.1. The van der Waals surface area contributed by atoms with Crippen LogP contribution in [0.15, 0.2) is 24.3 Å². The van der Waals surface area contributed by atoms with Crippen molar-refractivity contribution in [2.45, 2.75) is 84.1 Å². The molecule has 1 aliphatic heterocycles. The number of likely N-dealkylation sites (tertiary alicyclic amines) is 1. The van der Waals surface area contributed by atoms with Crippen LogP contribution in [0, 0.1) is 17.3 Å². The van der Waals surface area contributed by atoms with Gasteiger partial charge in [-0.2, -0.15) is 13.2 Å². The Labute approximate surface area is 228 Å². The van der Waals surface area contributed by atoms with Crippen molar-refractivity contribution in [2.75, 3.05) is 19.6 Å². The van der Waals surface area contributed by atoms with Crippen molar-refractivity contribution in [1.82, 2.24) is 20.6 Å². The standard InChI is InChI=1S/C28H41F3N4O4/c1-27(2,3)24(33-25(37)21(16-35(39)18-36)14-19-6-4-5-7-19)26(38)34-13-12-23(17-34)32-15-20-8-10-22(11-9-20)28(29,30)31/h8-11,18-19,21,23-24,32,39H,4-7,12-17H2,1-3H3,(H,33,37)/t21-,23-,24-/m1/s1. The molecular formula is C28H41F3N4O4. The SMILES string of the molecule is CC(C)(C)[C@H](NC(=O)[C@H](CC1CCCC1)CN(O)C=O)C(=O)N1CC[C@@H](NCc2ccc(C(F)(F)F)cc2)C1. The summed E-state index contributed by atoms with van der Waals surface area (Å²) in [5.41, 5.74) is -0.559. The number of carbonyl (C=O) groups is 3. The van der Waals surface area contributed by atoms with Gasteiger partial charge in [0.1, 0.15) is 6.04 Å². The minimum Gasteiger partial charge on any atom is -0.344 e. The summed E-state index contributed by atoms with van der Waals surface area (Å²) >= 11 is 0. The average molecular weight is 555 g/mol. The van der Waals surface area contributed by atoms with Crippen LogP contribution in [0.4, 0.5) is 13.2 Å². The quantitative estimate of drug-likeness (QED) is 0.218. The molecule has 1 aliphatic carbocycles. The number of alkyl halides is 3. The molecule has 3 atom stereocenters. The molecule has 8 nitrogen and oxygen atoms in total. The number of halogens is 3. The molecule has 3 amide bonds. The van der Waals surface area contributed by atoms with E-state index >= 15 is 0 Å². The summed E-state index contributed by atoms with van der Waals surface area (Å²) in [6, 6.07) is 4.18. The van der Waals surface area contributed by atoms with Gasteiger partial charge in [0, 0.05) is 25.7 Å². The third-order valence-electron chi connectivity index (χ3n) is 7.77. The molecule has 3 rings (SSSR count). The first-order valence-corrected chi connectivity index (χ1v) is 13.7. The second-order valence-electron chi connectivity index (χ2n) is 12.0. The van der Waals surface area contributed by atoms with Crippen LogP contribution in [-0.4, -0.2) is 65.1 Å². The summed E-state index contributed by atoms with van der Waals surface area (Å²) in [4.78, 5) is 39.7. The number of hydroxylamine groups is 2. The number of carbonyl (C=O) groups excluding carboxylic acids is 3. The largest absolute Gasteiger partial charge is 0.416 e. The van der Waals surface area contributed by atoms with E-state index in [1.54, 1.807) is 4.90 Å². The molecule has 0 spiro atoms. The van der Waals surface area contributed by atoms with Crippen molar-refractivity contribution in [3.8, 4) is 0 Å². The number of hydrogen-bond acceptors (Lipinski definition) is 5. The van der Waals surface area contributed by atoms with Gasteiger partial charge in [0.15, 0.2) is 0 Å². The molecule has 2 fully saturated rings. The topological polar surface area (TPSA) is 102 Å². The molecule has 0 aromatic heterocycles. The minimum absolute atomic E-state index is 0.0294. The highest BCUT2D eigenvalue weighted by molar-refractivity contribution is 5.89. The van der Waals surface area contributed by atoms with E-state index in [1.165, 1.54) is 12.1 Å². The smallest absolute Gasteiger partial charge is 0.344 e. The molecule has 1 aromatic carbocycles. The predicted molar refractivity (Wildman–Crippen MR) is 139 cm³/mol. The summed E-state index contributed by atoms with van der Waals surface area (Å²) in [6.45, 7) is 6.79. The molecule has 1 aromatic rings. The maximum Gasteiger partial charge on any atom is 0.416 e. The first kappa shape index (κ1) is 30.9. The van der Waals surface area contributed by atoms with Crippen LogP contribution in [0.2, 0.25) is 0 Å². The highest BCUT2D eigenvalue weighted by Gasteiger charge is 2.40. The Morgan fingerprint density at radius 1 is 1.13 bits per heavy atom. The van der Waals surface area contributed by atoms with Crippen molar-refractivity contribution in [1.29, 1.82) is 0 Å². The van der Waals surface area contributed by atoms with E-state index < -0.39 is 29.1 Å². The van der Waals surface area contributed by atoms with E-state index in [1.807, 2.05) is 20.8 Å². The Hall–Kier alpha value is -2.66. The van der Waals surface area contributed by atoms with E-state index in [0.717, 1.165) is 37.8 Å². The lowest BCUT2D eigenvalue weighted by atomic mass is 9.84. The monoisotopic (exact) mass is 554 g/mol. The zero-order valence-electron chi connectivity index (χ0n) is 23.0. The molecular weight excluding hydrogens is 513 g/mol. The van der Waals surface area contributed by atoms with E-state index in [2.05, 4.69) is 10.6 Å². The van der Waals surface area contributed by atoms with Gasteiger partial charge < -0.3 is 15.5 Å². The van der Waals surface area contributed by atoms with Gasteiger partial charge in [-0.3, -0.25) is 19.6 Å². The molecule has 3 N–H and O–H groups in total. The second-order valence-corrected chi connectivity index (χ2v) is 12.0. The van der Waals surface area contributed by atoms with Crippen LogP contribution < -0.4 is 10.6 Å². The van der Waals surface area contributed by atoms with Gasteiger partial charge in [-0.25, -0.2) is 5.06 Å². The molecule has 2 aliphatic rings. The van der Waals surface area contributed by atoms with Crippen molar-refractivity contribution >= 4 is 18.2 Å². The van der Waals surface area contributed by atoms with E-state index in [0.29, 0.717) is 49.0 Å². The van der Waals surface area contributed by atoms with Crippen LogP contribution >= 0.6 is 0 Å². The van der Waals surface area contributed by atoms with Crippen molar-refractivity contribution in [3.05, 3.63) is 35.4 Å². The Morgan fingerprint density at radius 3 is 2.33 bits per heavy atom. The van der Waals surface area contributed by atoms with Gasteiger partial charge in [-0.05, 0) is 41.9 Å². The lowest BCUT2D eigenvalue weighted by Crippen LogP contribution is -2.56. The number of nitrogens with one attached hydrogen (secondary N) is 2. The highest BCUT2D eigenvalue weighted by Crippen LogP contribution is 2.32. The molecule has 1 heterocycles. The van der Waals surface area contributed by atoms with Crippen LogP contribution in [0.5, 0.6) is 0 Å². The molecule has 0 unspecified atom stereocenters. The molecule has 0 radical (unpaired) electrons. The van der Waals surface area contributed by atoms with Gasteiger partial charge >= 0.3 is 6.18 Å². The zero-order chi connectivity index (χ0) is 28.8. The van der Waals surface area contributed by atoms with Gasteiger partial charge in [0.25, 0.3) is 0 Å². The fraction of sp³-hybridized carbons (Fsp3) is 0.679. The van der Waals surface area contributed by atoms with E-state index in [-0.39, 0.29) is 30.8 Å². The predicted octanol–water partition coefficient (Wildman–Crippen LogP) is 3.97. The Kier molecular flexibility index (Phi) is 10.4. The van der Waals surface area contributed by atoms with Crippen LogP contribution in [0.3, 0.4) is 0 Å². The van der Waals surface area contributed by atoms with E-state index in [9.17, 15) is 32.8 Å². The lowest BCUT2D eigenvalue weighted by Gasteiger charge is -2.35. The molecule has 11 heteroatoms. The number of benzene rings is 1. The van der Waals surface area contributed by atoms with Gasteiger partial charge in [0.05, 0.1) is 18.0 Å². The summed E-state index contributed by atoms with van der Waals surface area (Å²) in [7, 11) is 0. The maximum atomic E-state index is 13.6. The number of rotatable bonds is 11. The van der Waals surface area contributed by atoms with Crippen molar-refractivity contribution < 1.29 is 32.8 Å². The van der Waals surface area contributed by atoms with Gasteiger partial charge in [-0.15, -0.1) is 0 Å². The maximum absolute atomic E-state index is 13.6. The Bertz CT molecular complexity index is 975. The summed E-state index contributed by atoms with van der Waals surface area (Å²) in [5, 5.41) is 16.5. The summed E-state index contributed by atoms with van der Waals surface area (Å²) in [5.74, 6) is -0.838. The van der Waals surface area contributed by atoms with Crippen molar-refractivity contribution in [2.24, 2.45) is 17.3 Å². The first-order valence-electron chi connectivity index (χ1n) is 13.7. The van der Waals surface area contributed by atoms with Crippen LogP contribution in [-0.2, 0) is 27.1 Å². The number of amides is 3. The van der Waals surface area contributed by atoms with Crippen LogP contribution in [0.1, 0.15) is 70.4 Å². The second kappa shape index (κ2) is 13.1. The zero-order valence-corrected chi connectivity index (χ0v) is 23.0. The fourth-order valence-electron chi connectivity index (χ4n) is 5.47. The number of nitrogens with zero attached hydrogens (tertiary/aromatic N) is 2. The summed E-state index contributed by atoms with van der Waals surface area (Å²) < 4.78 is 38.4. The average Bonchev–Trinajstić information content (AvgIpc) is 3.56. The third kappa shape index (κ3) is 8.93. The van der Waals surface area contributed by atoms with E-state index in [4.69, 9.17) is 0 Å². The lowest BCUT2D eigenvalue weighted by molar-refractivity contribution is -0.155. The highest BCUT2D eigenvalue weighted by atomic mass is 19.4. The number of hydrogen-bond donors (Lipinski definition) is 3. The fourth-order valence-corrected chi connectivity index (χ4v) is 5.47. The molecule has 218 valence electrons. The molecule has 0 bridgehead atoms. The van der Waals surface area contributed by atoms with Crippen LogP contribution in [0.25, 0.3) is 0 Å². The third-order valence-corrected chi connectivity index (χ3v) is 7.77. The summed E-state index contributed by atoms with van der Waals surface area (Å²) in [6.07, 6.45) is 1.34. The molecule has 1 saturated heterocycles. The molecule has 39 heavy (non-hydrogen) atoms. The Morgan fingerprint density at radius 2 is 1.77 bits per heavy atom. The minimum atomic E-state index is -4.38. The Balaban J connectivity index is 1.60.